The van der Waals surface area contributed by atoms with Gasteiger partial charge in [-0.25, -0.2) is 4.99 Å². The molecular weight excluding hydrogens is 299 g/mol. The van der Waals surface area contributed by atoms with Crippen LogP contribution in [0.4, 0.5) is 0 Å². The number of nitrogens with one attached hydrogen (secondary N) is 1. The van der Waals surface area contributed by atoms with Gasteiger partial charge in [-0.1, -0.05) is 48.6 Å². The molecule has 4 heteroatoms. The zero-order chi connectivity index (χ0) is 12.1. The smallest absolute Gasteiger partial charge is 0.154 e. The number of allylic oxidation sites excluding steroid dienone is 2. The first-order valence-electron chi connectivity index (χ1n) is 5.62. The van der Waals surface area contributed by atoms with Crippen LogP contribution in [-0.2, 0) is 32.7 Å². The Kier molecular flexibility index (Phi) is 6.16. The monoisotopic (exact) mass is 314 g/mol. The van der Waals surface area contributed by atoms with Crippen LogP contribution in [0.25, 0.3) is 0 Å². The number of benzene rings is 1. The number of hydrogen-bond donors (Lipinski definition) is 2. The van der Waals surface area contributed by atoms with Gasteiger partial charge in [-0.15, -0.1) is 0 Å². The summed E-state index contributed by atoms with van der Waals surface area (Å²) in [6.07, 6.45) is 8.12. The Hall–Kier alpha value is -1.06. The van der Waals surface area contributed by atoms with Crippen molar-refractivity contribution in [3.63, 3.8) is 0 Å². The predicted molar refractivity (Wildman–Crippen MR) is 71.4 cm³/mol. The Balaban J connectivity index is 0.00000162. The molecule has 0 spiro atoms. The van der Waals surface area contributed by atoms with Crippen LogP contribution in [0.1, 0.15) is 18.4 Å². The number of nitrogens with two attached hydrogens (primary N) is 1. The van der Waals surface area contributed by atoms with Crippen molar-refractivity contribution >= 4 is 11.7 Å². The minimum atomic E-state index is 0. The quantitative estimate of drug-likeness (QED) is 0.640. The Morgan fingerprint density at radius 2 is 1.89 bits per heavy atom. The fourth-order valence-corrected chi connectivity index (χ4v) is 1.65. The van der Waals surface area contributed by atoms with Crippen molar-refractivity contribution in [2.24, 2.45) is 10.7 Å². The van der Waals surface area contributed by atoms with E-state index >= 15 is 0 Å². The third-order valence-corrected chi connectivity index (χ3v) is 2.57. The molecule has 0 unspecified atom stereocenters. The molecule has 0 saturated heterocycles. The second-order valence-electron chi connectivity index (χ2n) is 3.85. The maximum Gasteiger partial charge on any atom is 0.154 e. The molecule has 0 amide bonds. The van der Waals surface area contributed by atoms with Gasteiger partial charge in [-0.3, -0.25) is 5.41 Å². The molecular formula is C14H15N3Y. The Bertz CT molecular complexity index is 501. The maximum absolute atomic E-state index is 7.86. The molecule has 0 aromatic heterocycles. The normalized spacial score (nSPS) is 14.7. The molecule has 0 bridgehead atoms. The summed E-state index contributed by atoms with van der Waals surface area (Å²) in [7, 11) is 0. The topological polar surface area (TPSA) is 62.2 Å². The zero-order valence-corrected chi connectivity index (χ0v) is 13.0. The van der Waals surface area contributed by atoms with Crippen molar-refractivity contribution in [1.29, 1.82) is 5.41 Å². The van der Waals surface area contributed by atoms with E-state index in [0.717, 1.165) is 24.0 Å². The molecule has 1 aliphatic carbocycles. The average Bonchev–Trinajstić information content (AvgIpc) is 2.40. The molecule has 2 rings (SSSR count). The van der Waals surface area contributed by atoms with Crippen molar-refractivity contribution in [3.8, 4) is 0 Å². The number of hydrogen-bond acceptors (Lipinski definition) is 1. The molecule has 0 saturated carbocycles. The third kappa shape index (κ3) is 4.00. The van der Waals surface area contributed by atoms with Crippen LogP contribution >= 0.6 is 0 Å². The van der Waals surface area contributed by atoms with Gasteiger partial charge in [-0.2, -0.15) is 0 Å². The van der Waals surface area contributed by atoms with Gasteiger partial charge in [0.25, 0.3) is 0 Å². The SMILES string of the molecule is N=C(N=C(N)C1=CCCC=C1)c1ccccc1.[Y]. The summed E-state index contributed by atoms with van der Waals surface area (Å²) in [6.45, 7) is 0. The van der Waals surface area contributed by atoms with Crippen LogP contribution in [0, 0.1) is 5.41 Å². The zero-order valence-electron chi connectivity index (χ0n) is 10.1. The summed E-state index contributed by atoms with van der Waals surface area (Å²) in [5, 5.41) is 7.86. The van der Waals surface area contributed by atoms with Crippen LogP contribution in [-0.4, -0.2) is 11.7 Å². The predicted octanol–water partition coefficient (Wildman–Crippen LogP) is 2.64. The van der Waals surface area contributed by atoms with Gasteiger partial charge < -0.3 is 5.73 Å². The molecule has 0 aliphatic heterocycles. The van der Waals surface area contributed by atoms with Gasteiger partial charge in [-0.05, 0) is 12.8 Å². The molecule has 0 fully saturated rings. The van der Waals surface area contributed by atoms with E-state index in [0.29, 0.717) is 5.84 Å². The van der Waals surface area contributed by atoms with Crippen molar-refractivity contribution < 1.29 is 32.7 Å². The van der Waals surface area contributed by atoms with Crippen molar-refractivity contribution in [3.05, 3.63) is 59.7 Å². The van der Waals surface area contributed by atoms with E-state index in [-0.39, 0.29) is 38.5 Å². The standard InChI is InChI=1S/C14H15N3.Y/c15-13(11-7-3-1-4-8-11)17-14(16)12-9-5-2-6-10-12;/h1,3-5,7-10H,2,6H2,(H3,15,16,17);. The first-order chi connectivity index (χ1) is 8.27. The molecule has 0 heterocycles. The number of amidine groups is 2. The van der Waals surface area contributed by atoms with Gasteiger partial charge in [0, 0.05) is 43.8 Å². The van der Waals surface area contributed by atoms with Gasteiger partial charge in [0.05, 0.1) is 0 Å². The van der Waals surface area contributed by atoms with Crippen LogP contribution in [0.5, 0.6) is 0 Å². The maximum atomic E-state index is 7.86. The fourth-order valence-electron chi connectivity index (χ4n) is 1.65. The van der Waals surface area contributed by atoms with E-state index in [1.165, 1.54) is 0 Å². The Morgan fingerprint density at radius 1 is 1.17 bits per heavy atom. The van der Waals surface area contributed by atoms with Crippen molar-refractivity contribution in [1.82, 2.24) is 0 Å². The van der Waals surface area contributed by atoms with E-state index in [4.69, 9.17) is 11.1 Å². The minimum absolute atomic E-state index is 0. The van der Waals surface area contributed by atoms with Crippen LogP contribution < -0.4 is 5.73 Å². The Morgan fingerprint density at radius 3 is 2.50 bits per heavy atom. The Labute approximate surface area is 132 Å². The molecule has 3 nitrogen and oxygen atoms in total. The second kappa shape index (κ2) is 7.39. The molecule has 1 radical (unpaired) electrons. The van der Waals surface area contributed by atoms with Crippen LogP contribution in [0.2, 0.25) is 0 Å². The minimum Gasteiger partial charge on any atom is -0.383 e. The molecule has 3 N–H and O–H groups in total. The van der Waals surface area contributed by atoms with E-state index in [9.17, 15) is 0 Å². The van der Waals surface area contributed by atoms with Gasteiger partial charge in [0.2, 0.25) is 0 Å². The number of nitrogens with zero attached hydrogens (tertiary/aromatic N) is 1. The van der Waals surface area contributed by atoms with Gasteiger partial charge in [0.1, 0.15) is 5.84 Å². The van der Waals surface area contributed by atoms with Crippen molar-refractivity contribution in [2.45, 2.75) is 12.8 Å². The van der Waals surface area contributed by atoms with E-state index in [2.05, 4.69) is 17.1 Å². The summed E-state index contributed by atoms with van der Waals surface area (Å²) < 4.78 is 0. The third-order valence-electron chi connectivity index (χ3n) is 2.57. The molecule has 18 heavy (non-hydrogen) atoms. The molecule has 1 aromatic rings. The number of rotatable bonds is 2. The van der Waals surface area contributed by atoms with Gasteiger partial charge in [0.15, 0.2) is 5.84 Å². The van der Waals surface area contributed by atoms with Gasteiger partial charge >= 0.3 is 0 Å². The van der Waals surface area contributed by atoms with Crippen LogP contribution in [0.3, 0.4) is 0 Å². The largest absolute Gasteiger partial charge is 0.383 e. The molecule has 1 aromatic carbocycles. The second-order valence-corrected chi connectivity index (χ2v) is 3.85. The summed E-state index contributed by atoms with van der Waals surface area (Å²) in [5.74, 6) is 0.609. The first kappa shape index (κ1) is 15.0. The summed E-state index contributed by atoms with van der Waals surface area (Å²) in [4.78, 5) is 4.13. The van der Waals surface area contributed by atoms with Crippen LogP contribution in [0.15, 0.2) is 59.1 Å². The van der Waals surface area contributed by atoms with E-state index in [1.807, 2.05) is 36.4 Å². The summed E-state index contributed by atoms with van der Waals surface area (Å²) in [6, 6.07) is 9.38. The molecule has 1 aliphatic rings. The van der Waals surface area contributed by atoms with E-state index < -0.39 is 0 Å². The average molecular weight is 314 g/mol. The number of aliphatic imine (C=N–C) groups is 1. The first-order valence-corrected chi connectivity index (χ1v) is 5.62. The van der Waals surface area contributed by atoms with Crippen molar-refractivity contribution in [2.75, 3.05) is 0 Å². The molecule has 0 atom stereocenters. The molecule has 89 valence electrons. The summed E-state index contributed by atoms with van der Waals surface area (Å²) in [5.41, 5.74) is 7.56. The van der Waals surface area contributed by atoms with E-state index in [1.54, 1.807) is 0 Å². The summed E-state index contributed by atoms with van der Waals surface area (Å²) >= 11 is 0. The fraction of sp³-hybridized carbons (Fsp3) is 0.143.